The summed E-state index contributed by atoms with van der Waals surface area (Å²) in [5.41, 5.74) is 8.58. The Balaban J connectivity index is 2.11. The molecule has 1 heterocycles. The fourth-order valence-corrected chi connectivity index (χ4v) is 2.67. The highest BCUT2D eigenvalue weighted by Crippen LogP contribution is 2.17. The van der Waals surface area contributed by atoms with Gasteiger partial charge >= 0.3 is 0 Å². The second-order valence-corrected chi connectivity index (χ2v) is 4.68. The first-order valence-corrected chi connectivity index (χ1v) is 6.37. The van der Waals surface area contributed by atoms with Crippen molar-refractivity contribution in [3.63, 3.8) is 0 Å². The highest BCUT2D eigenvalue weighted by molar-refractivity contribution is 5.82. The number of nitrogens with zero attached hydrogens (tertiary/aromatic N) is 1. The fraction of sp³-hybridized carbons (Fsp3) is 0.500. The van der Waals surface area contributed by atoms with E-state index < -0.39 is 0 Å². The second-order valence-electron chi connectivity index (χ2n) is 4.68. The van der Waals surface area contributed by atoms with Crippen molar-refractivity contribution in [3.05, 3.63) is 35.4 Å². The van der Waals surface area contributed by atoms with Crippen LogP contribution in [0.2, 0.25) is 0 Å². The van der Waals surface area contributed by atoms with Crippen molar-refractivity contribution < 1.29 is 0 Å². The second kappa shape index (κ2) is 5.32. The van der Waals surface area contributed by atoms with Gasteiger partial charge in [0.1, 0.15) is 5.84 Å². The van der Waals surface area contributed by atoms with Gasteiger partial charge in [0, 0.05) is 13.1 Å². The minimum Gasteiger partial charge on any atom is -0.386 e. The summed E-state index contributed by atoms with van der Waals surface area (Å²) in [6, 6.07) is 8.76. The topological polar surface area (TPSA) is 53.1 Å². The SMILES string of the molecule is CCC(C(=N)N)N1CCc2ccccc2CC1. The number of hydrogen-bond acceptors (Lipinski definition) is 2. The lowest BCUT2D eigenvalue weighted by atomic mass is 10.0. The van der Waals surface area contributed by atoms with Gasteiger partial charge in [-0.2, -0.15) is 0 Å². The van der Waals surface area contributed by atoms with Crippen molar-refractivity contribution in [2.75, 3.05) is 13.1 Å². The number of amidine groups is 1. The number of nitrogens with one attached hydrogen (secondary N) is 1. The molecule has 0 amide bonds. The molecule has 3 N–H and O–H groups in total. The van der Waals surface area contributed by atoms with Crippen molar-refractivity contribution in [1.82, 2.24) is 4.90 Å². The van der Waals surface area contributed by atoms with Gasteiger partial charge in [0.05, 0.1) is 6.04 Å². The minimum atomic E-state index is 0.115. The molecular weight excluding hydrogens is 210 g/mol. The van der Waals surface area contributed by atoms with Crippen LogP contribution in [-0.2, 0) is 12.8 Å². The Kier molecular flexibility index (Phi) is 3.79. The zero-order valence-electron chi connectivity index (χ0n) is 10.4. The third kappa shape index (κ3) is 2.67. The predicted molar refractivity (Wildman–Crippen MR) is 71.4 cm³/mol. The summed E-state index contributed by atoms with van der Waals surface area (Å²) in [5, 5.41) is 7.66. The lowest BCUT2D eigenvalue weighted by Gasteiger charge is -2.28. The van der Waals surface area contributed by atoms with Crippen LogP contribution in [0.15, 0.2) is 24.3 Å². The maximum Gasteiger partial charge on any atom is 0.108 e. The summed E-state index contributed by atoms with van der Waals surface area (Å²) in [5.74, 6) is 0.304. The lowest BCUT2D eigenvalue weighted by Crippen LogP contribution is -2.45. The van der Waals surface area contributed by atoms with E-state index in [1.54, 1.807) is 0 Å². The van der Waals surface area contributed by atoms with E-state index in [0.29, 0.717) is 5.84 Å². The Morgan fingerprint density at radius 2 is 1.82 bits per heavy atom. The quantitative estimate of drug-likeness (QED) is 0.615. The molecule has 2 rings (SSSR count). The highest BCUT2D eigenvalue weighted by atomic mass is 15.2. The molecular formula is C14H21N3. The van der Waals surface area contributed by atoms with Crippen molar-refractivity contribution in [3.8, 4) is 0 Å². The molecule has 1 unspecified atom stereocenters. The van der Waals surface area contributed by atoms with Crippen LogP contribution in [0.4, 0.5) is 0 Å². The van der Waals surface area contributed by atoms with Gasteiger partial charge in [0.15, 0.2) is 0 Å². The third-order valence-electron chi connectivity index (χ3n) is 3.64. The Labute approximate surface area is 103 Å². The van der Waals surface area contributed by atoms with Crippen LogP contribution >= 0.6 is 0 Å². The number of hydrogen-bond donors (Lipinski definition) is 2. The summed E-state index contributed by atoms with van der Waals surface area (Å²) >= 11 is 0. The Morgan fingerprint density at radius 3 is 2.24 bits per heavy atom. The highest BCUT2D eigenvalue weighted by Gasteiger charge is 2.21. The van der Waals surface area contributed by atoms with Crippen LogP contribution in [0.5, 0.6) is 0 Å². The maximum absolute atomic E-state index is 7.66. The molecule has 0 fully saturated rings. The lowest BCUT2D eigenvalue weighted by molar-refractivity contribution is 0.247. The van der Waals surface area contributed by atoms with E-state index in [1.807, 2.05) is 0 Å². The van der Waals surface area contributed by atoms with Crippen molar-refractivity contribution in [1.29, 1.82) is 5.41 Å². The van der Waals surface area contributed by atoms with Crippen LogP contribution in [0.3, 0.4) is 0 Å². The van der Waals surface area contributed by atoms with Crippen LogP contribution in [0.1, 0.15) is 24.5 Å². The zero-order valence-corrected chi connectivity index (χ0v) is 10.4. The van der Waals surface area contributed by atoms with Crippen LogP contribution in [-0.4, -0.2) is 29.9 Å². The van der Waals surface area contributed by atoms with E-state index in [0.717, 1.165) is 32.4 Å². The molecule has 1 aromatic rings. The van der Waals surface area contributed by atoms with Gasteiger partial charge in [-0.15, -0.1) is 0 Å². The van der Waals surface area contributed by atoms with Crippen LogP contribution in [0, 0.1) is 5.41 Å². The first-order chi connectivity index (χ1) is 8.22. The molecule has 1 atom stereocenters. The first-order valence-electron chi connectivity index (χ1n) is 6.37. The molecule has 1 aliphatic heterocycles. The normalized spacial score (nSPS) is 18.2. The Hall–Kier alpha value is -1.35. The van der Waals surface area contributed by atoms with Gasteiger partial charge in [-0.25, -0.2) is 0 Å². The summed E-state index contributed by atoms with van der Waals surface area (Å²) in [7, 11) is 0. The smallest absolute Gasteiger partial charge is 0.108 e. The Bertz CT molecular complexity index is 373. The number of nitrogens with two attached hydrogens (primary N) is 1. The molecule has 17 heavy (non-hydrogen) atoms. The van der Waals surface area contributed by atoms with Gasteiger partial charge in [0.2, 0.25) is 0 Å². The van der Waals surface area contributed by atoms with E-state index in [9.17, 15) is 0 Å². The van der Waals surface area contributed by atoms with Gasteiger partial charge in [0.25, 0.3) is 0 Å². The number of benzene rings is 1. The molecule has 0 spiro atoms. The van der Waals surface area contributed by atoms with E-state index in [4.69, 9.17) is 11.1 Å². The van der Waals surface area contributed by atoms with Gasteiger partial charge < -0.3 is 5.73 Å². The van der Waals surface area contributed by atoms with Crippen LogP contribution < -0.4 is 5.73 Å². The summed E-state index contributed by atoms with van der Waals surface area (Å²) in [6.45, 7) is 4.12. The van der Waals surface area contributed by atoms with Gasteiger partial charge in [-0.3, -0.25) is 10.3 Å². The maximum atomic E-state index is 7.66. The largest absolute Gasteiger partial charge is 0.386 e. The van der Waals surface area contributed by atoms with E-state index >= 15 is 0 Å². The van der Waals surface area contributed by atoms with E-state index in [-0.39, 0.29) is 6.04 Å². The molecule has 0 saturated carbocycles. The molecule has 0 aliphatic carbocycles. The molecule has 0 saturated heterocycles. The van der Waals surface area contributed by atoms with Gasteiger partial charge in [-0.05, 0) is 30.4 Å². The minimum absolute atomic E-state index is 0.115. The zero-order chi connectivity index (χ0) is 12.3. The average Bonchev–Trinajstić information content (AvgIpc) is 2.53. The van der Waals surface area contributed by atoms with E-state index in [1.165, 1.54) is 11.1 Å². The Morgan fingerprint density at radius 1 is 1.29 bits per heavy atom. The van der Waals surface area contributed by atoms with Crippen molar-refractivity contribution in [2.24, 2.45) is 5.73 Å². The molecule has 0 aromatic heterocycles. The third-order valence-corrected chi connectivity index (χ3v) is 3.64. The average molecular weight is 231 g/mol. The van der Waals surface area contributed by atoms with Crippen molar-refractivity contribution >= 4 is 5.84 Å². The van der Waals surface area contributed by atoms with Gasteiger partial charge in [-0.1, -0.05) is 31.2 Å². The van der Waals surface area contributed by atoms with E-state index in [2.05, 4.69) is 36.1 Å². The fourth-order valence-electron chi connectivity index (χ4n) is 2.67. The number of fused-ring (bicyclic) bond motifs is 1. The predicted octanol–water partition coefficient (Wildman–Crippen LogP) is 1.80. The summed E-state index contributed by atoms with van der Waals surface area (Å²) in [6.07, 6.45) is 3.06. The number of rotatable bonds is 3. The van der Waals surface area contributed by atoms with Crippen molar-refractivity contribution in [2.45, 2.75) is 32.2 Å². The monoisotopic (exact) mass is 231 g/mol. The molecule has 0 bridgehead atoms. The molecule has 3 nitrogen and oxygen atoms in total. The molecule has 1 aromatic carbocycles. The molecule has 0 radical (unpaired) electrons. The summed E-state index contributed by atoms with van der Waals surface area (Å²) in [4.78, 5) is 2.35. The molecule has 92 valence electrons. The molecule has 3 heteroatoms. The van der Waals surface area contributed by atoms with Crippen LogP contribution in [0.25, 0.3) is 0 Å². The first kappa shape index (κ1) is 12.1. The molecule has 1 aliphatic rings. The summed E-state index contributed by atoms with van der Waals surface area (Å²) < 4.78 is 0. The standard InChI is InChI=1S/C14H21N3/c1-2-13(14(15)16)17-9-7-11-5-3-4-6-12(11)8-10-17/h3-6,13H,2,7-10H2,1H3,(H3,15,16).